The molecule has 0 aliphatic carbocycles. The fourth-order valence-electron chi connectivity index (χ4n) is 3.36. The number of hydrogen-bond acceptors (Lipinski definition) is 6. The molecule has 0 radical (unpaired) electrons. The van der Waals surface area contributed by atoms with Crippen LogP contribution < -0.4 is 4.74 Å². The molecule has 1 amide bonds. The number of rotatable bonds is 6. The highest BCUT2D eigenvalue weighted by Gasteiger charge is 2.38. The highest BCUT2D eigenvalue weighted by Crippen LogP contribution is 2.38. The summed E-state index contributed by atoms with van der Waals surface area (Å²) in [5, 5.41) is 0. The summed E-state index contributed by atoms with van der Waals surface area (Å²) in [5.74, 6) is -3.55. The molecule has 0 spiro atoms. The molecular weight excluding hydrogens is 414 g/mol. The Morgan fingerprint density at radius 1 is 1.23 bits per heavy atom. The molecule has 30 heavy (non-hydrogen) atoms. The number of methoxy groups -OCH3 is 1. The Hall–Kier alpha value is -2.85. The van der Waals surface area contributed by atoms with Crippen molar-refractivity contribution in [1.29, 1.82) is 0 Å². The summed E-state index contributed by atoms with van der Waals surface area (Å²) in [6, 6.07) is 1.57. The number of ketones is 1. The summed E-state index contributed by atoms with van der Waals surface area (Å²) >= 11 is 0. The van der Waals surface area contributed by atoms with Crippen molar-refractivity contribution < 1.29 is 46.2 Å². The molecule has 1 aromatic rings. The second-order valence-corrected chi connectivity index (χ2v) is 6.58. The lowest BCUT2D eigenvalue weighted by atomic mass is 9.83. The van der Waals surface area contributed by atoms with Gasteiger partial charge in [-0.15, -0.1) is 13.2 Å². The second kappa shape index (κ2) is 9.77. The molecule has 1 heterocycles. The van der Waals surface area contributed by atoms with Gasteiger partial charge in [-0.05, 0) is 25.8 Å². The number of halogens is 4. The van der Waals surface area contributed by atoms with E-state index in [4.69, 9.17) is 9.47 Å². The van der Waals surface area contributed by atoms with E-state index in [0.29, 0.717) is 6.07 Å². The van der Waals surface area contributed by atoms with Crippen molar-refractivity contribution in [1.82, 2.24) is 4.90 Å². The Labute approximate surface area is 169 Å². The first kappa shape index (κ1) is 23.4. The summed E-state index contributed by atoms with van der Waals surface area (Å²) in [6.07, 6.45) is -6.01. The first-order chi connectivity index (χ1) is 14.1. The Balaban J connectivity index is 2.26. The van der Waals surface area contributed by atoms with Crippen LogP contribution in [0.15, 0.2) is 18.2 Å². The minimum Gasteiger partial charge on any atom is -0.466 e. The summed E-state index contributed by atoms with van der Waals surface area (Å²) in [7, 11) is 1.13. The molecule has 0 N–H and O–H groups in total. The Morgan fingerprint density at radius 3 is 2.50 bits per heavy atom. The quantitative estimate of drug-likeness (QED) is 0.384. The minimum atomic E-state index is -4.98. The van der Waals surface area contributed by atoms with Gasteiger partial charge in [0.25, 0.3) is 0 Å². The van der Waals surface area contributed by atoms with Gasteiger partial charge in [0.05, 0.1) is 19.8 Å². The van der Waals surface area contributed by atoms with Crippen LogP contribution in [0.3, 0.4) is 0 Å². The highest BCUT2D eigenvalue weighted by atomic mass is 19.4. The van der Waals surface area contributed by atoms with Gasteiger partial charge < -0.3 is 19.1 Å². The number of ether oxygens (including phenoxy) is 3. The van der Waals surface area contributed by atoms with E-state index in [1.807, 2.05) is 0 Å². The van der Waals surface area contributed by atoms with Crippen molar-refractivity contribution in [2.24, 2.45) is 5.92 Å². The Kier molecular flexibility index (Phi) is 7.63. The molecule has 1 aromatic carbocycles. The van der Waals surface area contributed by atoms with Gasteiger partial charge in [-0.1, -0.05) is 6.07 Å². The molecule has 1 aliphatic heterocycles. The van der Waals surface area contributed by atoms with Crippen LogP contribution >= 0.6 is 0 Å². The van der Waals surface area contributed by atoms with Crippen molar-refractivity contribution in [3.63, 3.8) is 0 Å². The van der Waals surface area contributed by atoms with E-state index in [9.17, 15) is 31.9 Å². The second-order valence-electron chi connectivity index (χ2n) is 6.58. The molecule has 2 rings (SSSR count). The van der Waals surface area contributed by atoms with Crippen molar-refractivity contribution in [2.75, 3.05) is 20.3 Å². The van der Waals surface area contributed by atoms with E-state index >= 15 is 0 Å². The number of amides is 1. The van der Waals surface area contributed by atoms with E-state index in [1.54, 1.807) is 6.92 Å². The maximum Gasteiger partial charge on any atom is 0.573 e. The first-order valence-corrected chi connectivity index (χ1v) is 9.13. The zero-order valence-electron chi connectivity index (χ0n) is 16.3. The zero-order chi connectivity index (χ0) is 22.5. The molecule has 0 saturated carbocycles. The van der Waals surface area contributed by atoms with Gasteiger partial charge in [0.15, 0.2) is 0 Å². The van der Waals surface area contributed by atoms with Crippen molar-refractivity contribution >= 4 is 17.8 Å². The third-order valence-electron chi connectivity index (χ3n) is 4.66. The number of carbonyl (C=O) groups excluding carboxylic acids is 3. The van der Waals surface area contributed by atoms with Crippen LogP contribution in [0, 0.1) is 11.7 Å². The molecule has 0 aromatic heterocycles. The molecule has 1 saturated heterocycles. The number of piperidine rings is 1. The van der Waals surface area contributed by atoms with Crippen LogP contribution in [0.1, 0.15) is 37.8 Å². The zero-order valence-corrected chi connectivity index (χ0v) is 16.3. The first-order valence-electron chi connectivity index (χ1n) is 9.13. The number of alkyl halides is 3. The fourth-order valence-corrected chi connectivity index (χ4v) is 3.36. The van der Waals surface area contributed by atoms with E-state index in [2.05, 4.69) is 4.74 Å². The maximum atomic E-state index is 14.6. The molecule has 166 valence electrons. The van der Waals surface area contributed by atoms with Crippen LogP contribution in [0.25, 0.3) is 0 Å². The number of Topliss-reactive ketones (excluding diaryl/α,β-unsaturated/α-hetero) is 1. The molecule has 11 heteroatoms. The average Bonchev–Trinajstić information content (AvgIpc) is 2.66. The third-order valence-corrected chi connectivity index (χ3v) is 4.66. The van der Waals surface area contributed by atoms with Crippen molar-refractivity contribution in [2.45, 2.75) is 38.6 Å². The molecule has 2 atom stereocenters. The molecule has 1 fully saturated rings. The van der Waals surface area contributed by atoms with Gasteiger partial charge in [-0.3, -0.25) is 9.59 Å². The topological polar surface area (TPSA) is 82.1 Å². The van der Waals surface area contributed by atoms with Crippen LogP contribution in [-0.4, -0.2) is 49.4 Å². The van der Waals surface area contributed by atoms with Crippen molar-refractivity contribution in [3.8, 4) is 5.75 Å². The molecular formula is C19H21F4NO6. The largest absolute Gasteiger partial charge is 0.573 e. The van der Waals surface area contributed by atoms with Gasteiger partial charge >= 0.3 is 18.4 Å². The minimum absolute atomic E-state index is 0.0241. The maximum absolute atomic E-state index is 14.6. The predicted octanol–water partition coefficient (Wildman–Crippen LogP) is 3.77. The van der Waals surface area contributed by atoms with Gasteiger partial charge in [0, 0.05) is 24.1 Å². The number of esters is 1. The lowest BCUT2D eigenvalue weighted by Crippen LogP contribution is -2.43. The van der Waals surface area contributed by atoms with E-state index < -0.39 is 54.2 Å². The number of hydrogen-bond donors (Lipinski definition) is 0. The van der Waals surface area contributed by atoms with Gasteiger partial charge in [-0.2, -0.15) is 0 Å². The number of likely N-dealkylation sites (tertiary alicyclic amines) is 1. The average molecular weight is 435 g/mol. The van der Waals surface area contributed by atoms with Gasteiger partial charge in [-0.25, -0.2) is 9.18 Å². The summed E-state index contributed by atoms with van der Waals surface area (Å²) < 4.78 is 64.8. The molecule has 0 bridgehead atoms. The standard InChI is InChI=1S/C19H21F4NO6/c1-3-29-17(26)10-16(25)11-6-7-24(18(27)28-2)15(8-11)13-5-4-12(9-14(13)20)30-19(21,22)23/h4-5,9,11,15H,3,6-8,10H2,1-2H3/t11-,15+/m0/s1. The fraction of sp³-hybridized carbons (Fsp3) is 0.526. The summed E-state index contributed by atoms with van der Waals surface area (Å²) in [5.41, 5.74) is -0.0939. The van der Waals surface area contributed by atoms with E-state index in [0.717, 1.165) is 19.2 Å². The Bertz CT molecular complexity index is 798. The third kappa shape index (κ3) is 6.07. The normalized spacial score (nSPS) is 19.2. The van der Waals surface area contributed by atoms with Crippen LogP contribution in [-0.2, 0) is 19.1 Å². The van der Waals surface area contributed by atoms with Crippen LogP contribution in [0.5, 0.6) is 5.75 Å². The van der Waals surface area contributed by atoms with Crippen molar-refractivity contribution in [3.05, 3.63) is 29.6 Å². The predicted molar refractivity (Wildman–Crippen MR) is 93.9 cm³/mol. The number of nitrogens with zero attached hydrogens (tertiary/aromatic N) is 1. The van der Waals surface area contributed by atoms with E-state index in [-0.39, 0.29) is 31.6 Å². The highest BCUT2D eigenvalue weighted by molar-refractivity contribution is 5.97. The lowest BCUT2D eigenvalue weighted by Gasteiger charge is -2.38. The SMILES string of the molecule is CCOC(=O)CC(=O)[C@H]1CCN(C(=O)OC)[C@@H](c2ccc(OC(F)(F)F)cc2F)C1. The van der Waals surface area contributed by atoms with Crippen LogP contribution in [0.4, 0.5) is 22.4 Å². The van der Waals surface area contributed by atoms with Gasteiger partial charge in [0.2, 0.25) is 0 Å². The molecule has 7 nitrogen and oxygen atoms in total. The lowest BCUT2D eigenvalue weighted by molar-refractivity contribution is -0.274. The monoisotopic (exact) mass is 435 g/mol. The van der Waals surface area contributed by atoms with Crippen LogP contribution in [0.2, 0.25) is 0 Å². The van der Waals surface area contributed by atoms with E-state index in [1.165, 1.54) is 4.90 Å². The molecule has 1 aliphatic rings. The van der Waals surface area contributed by atoms with Gasteiger partial charge in [0.1, 0.15) is 23.8 Å². The molecule has 0 unspecified atom stereocenters. The smallest absolute Gasteiger partial charge is 0.466 e. The summed E-state index contributed by atoms with van der Waals surface area (Å²) in [4.78, 5) is 37.3. The number of benzene rings is 1. The number of carbonyl (C=O) groups is 3. The Morgan fingerprint density at radius 2 is 1.93 bits per heavy atom. The summed E-state index contributed by atoms with van der Waals surface area (Å²) in [6.45, 7) is 1.76.